The summed E-state index contributed by atoms with van der Waals surface area (Å²) in [5, 5.41) is 3.45. The highest BCUT2D eigenvalue weighted by molar-refractivity contribution is 5.80. The number of nitrogens with zero attached hydrogens (tertiary/aromatic N) is 4. The fraction of sp³-hybridized carbons (Fsp3) is 0.750. The standard InChI is InChI=1S/C16H29N5O2/c1-17-16(19-5-3-7-20-9-6-18-14-20)21-8-4-15(12-21)13-23-11-10-22-2/h6,9,14-15H,3-5,7-8,10-13H2,1-2H3,(H,17,19). The fourth-order valence-electron chi connectivity index (χ4n) is 2.77. The molecule has 1 N–H and O–H groups in total. The highest BCUT2D eigenvalue weighted by atomic mass is 16.5. The van der Waals surface area contributed by atoms with Gasteiger partial charge in [0.05, 0.1) is 26.1 Å². The van der Waals surface area contributed by atoms with E-state index in [1.807, 2.05) is 25.8 Å². The molecule has 0 amide bonds. The summed E-state index contributed by atoms with van der Waals surface area (Å²) in [6.45, 7) is 6.08. The van der Waals surface area contributed by atoms with E-state index in [1.54, 1.807) is 7.11 Å². The van der Waals surface area contributed by atoms with E-state index in [9.17, 15) is 0 Å². The lowest BCUT2D eigenvalue weighted by Crippen LogP contribution is -2.40. The Bertz CT molecular complexity index is 449. The Kier molecular flexibility index (Phi) is 7.89. The van der Waals surface area contributed by atoms with Crippen LogP contribution in [0.25, 0.3) is 0 Å². The van der Waals surface area contributed by atoms with Crippen molar-refractivity contribution in [3.8, 4) is 0 Å². The van der Waals surface area contributed by atoms with E-state index in [1.165, 1.54) is 0 Å². The zero-order chi connectivity index (χ0) is 16.3. The van der Waals surface area contributed by atoms with Gasteiger partial charge in [0, 0.05) is 58.6 Å². The second kappa shape index (κ2) is 10.2. The Hall–Kier alpha value is -1.60. The van der Waals surface area contributed by atoms with E-state index in [0.717, 1.165) is 51.6 Å². The Morgan fingerprint density at radius 2 is 2.35 bits per heavy atom. The number of hydrogen-bond acceptors (Lipinski definition) is 4. The van der Waals surface area contributed by atoms with Crippen molar-refractivity contribution in [1.82, 2.24) is 19.8 Å². The predicted molar refractivity (Wildman–Crippen MR) is 90.6 cm³/mol. The van der Waals surface area contributed by atoms with Gasteiger partial charge in [-0.15, -0.1) is 0 Å². The molecule has 2 heterocycles. The third-order valence-corrected chi connectivity index (χ3v) is 4.02. The zero-order valence-corrected chi connectivity index (χ0v) is 14.3. The quantitative estimate of drug-likeness (QED) is 0.414. The molecule has 1 aliphatic heterocycles. The number of guanidine groups is 1. The van der Waals surface area contributed by atoms with Crippen LogP contribution in [0, 0.1) is 5.92 Å². The lowest BCUT2D eigenvalue weighted by molar-refractivity contribution is 0.0536. The minimum absolute atomic E-state index is 0.580. The first-order chi connectivity index (χ1) is 11.3. The SMILES string of the molecule is CN=C(NCCCn1ccnc1)N1CCC(COCCOC)C1. The van der Waals surface area contributed by atoms with Gasteiger partial charge in [0.15, 0.2) is 5.96 Å². The highest BCUT2D eigenvalue weighted by Gasteiger charge is 2.24. The van der Waals surface area contributed by atoms with Crippen LogP contribution in [0.4, 0.5) is 0 Å². The van der Waals surface area contributed by atoms with Crippen molar-refractivity contribution in [2.45, 2.75) is 19.4 Å². The van der Waals surface area contributed by atoms with E-state index in [4.69, 9.17) is 9.47 Å². The van der Waals surface area contributed by atoms with Crippen LogP contribution in [0.3, 0.4) is 0 Å². The molecule has 0 aromatic carbocycles. The molecule has 7 heteroatoms. The molecule has 0 radical (unpaired) electrons. The Labute approximate surface area is 138 Å². The number of nitrogens with one attached hydrogen (secondary N) is 1. The average molecular weight is 323 g/mol. The predicted octanol–water partition coefficient (Wildman–Crippen LogP) is 0.833. The number of hydrogen-bond donors (Lipinski definition) is 1. The number of ether oxygens (including phenoxy) is 2. The van der Waals surface area contributed by atoms with Crippen LogP contribution in [-0.4, -0.2) is 74.0 Å². The molecule has 1 fully saturated rings. The first kappa shape index (κ1) is 17.7. The van der Waals surface area contributed by atoms with Gasteiger partial charge < -0.3 is 24.3 Å². The Balaban J connectivity index is 1.62. The van der Waals surface area contributed by atoms with Crippen molar-refractivity contribution >= 4 is 5.96 Å². The van der Waals surface area contributed by atoms with Crippen molar-refractivity contribution in [2.75, 3.05) is 53.6 Å². The van der Waals surface area contributed by atoms with E-state index in [0.29, 0.717) is 19.1 Å². The van der Waals surface area contributed by atoms with Crippen LogP contribution in [0.5, 0.6) is 0 Å². The molecule has 0 saturated carbocycles. The molecule has 7 nitrogen and oxygen atoms in total. The molecule has 1 aliphatic rings. The van der Waals surface area contributed by atoms with Crippen molar-refractivity contribution in [2.24, 2.45) is 10.9 Å². The first-order valence-corrected chi connectivity index (χ1v) is 8.31. The Morgan fingerprint density at radius 3 is 3.09 bits per heavy atom. The number of aliphatic imine (C=N–C) groups is 1. The summed E-state index contributed by atoms with van der Waals surface area (Å²) in [7, 11) is 3.55. The van der Waals surface area contributed by atoms with Crippen LogP contribution in [0.2, 0.25) is 0 Å². The highest BCUT2D eigenvalue weighted by Crippen LogP contribution is 2.16. The van der Waals surface area contributed by atoms with E-state index in [2.05, 4.69) is 24.8 Å². The van der Waals surface area contributed by atoms with Gasteiger partial charge in [-0.2, -0.15) is 0 Å². The molecular weight excluding hydrogens is 294 g/mol. The lowest BCUT2D eigenvalue weighted by atomic mass is 10.1. The van der Waals surface area contributed by atoms with Crippen LogP contribution in [0.1, 0.15) is 12.8 Å². The summed E-state index contributed by atoms with van der Waals surface area (Å²) in [5.74, 6) is 1.58. The molecule has 1 aromatic rings. The van der Waals surface area contributed by atoms with Crippen LogP contribution in [0.15, 0.2) is 23.7 Å². The second-order valence-electron chi connectivity index (χ2n) is 5.80. The Morgan fingerprint density at radius 1 is 1.43 bits per heavy atom. The molecule has 1 aromatic heterocycles. The maximum Gasteiger partial charge on any atom is 0.193 e. The summed E-state index contributed by atoms with van der Waals surface area (Å²) in [6, 6.07) is 0. The normalized spacial score (nSPS) is 18.6. The largest absolute Gasteiger partial charge is 0.382 e. The van der Waals surface area contributed by atoms with E-state index < -0.39 is 0 Å². The van der Waals surface area contributed by atoms with Crippen molar-refractivity contribution < 1.29 is 9.47 Å². The molecule has 1 saturated heterocycles. The minimum Gasteiger partial charge on any atom is -0.382 e. The fourth-order valence-corrected chi connectivity index (χ4v) is 2.77. The van der Waals surface area contributed by atoms with Crippen LogP contribution < -0.4 is 5.32 Å². The summed E-state index contributed by atoms with van der Waals surface area (Å²) >= 11 is 0. The van der Waals surface area contributed by atoms with Crippen molar-refractivity contribution in [3.05, 3.63) is 18.7 Å². The topological polar surface area (TPSA) is 63.9 Å². The third-order valence-electron chi connectivity index (χ3n) is 4.02. The van der Waals surface area contributed by atoms with Gasteiger partial charge in [0.25, 0.3) is 0 Å². The molecule has 2 rings (SSSR count). The van der Waals surface area contributed by atoms with Gasteiger partial charge in [-0.05, 0) is 12.8 Å². The summed E-state index contributed by atoms with van der Waals surface area (Å²) in [4.78, 5) is 10.8. The van der Waals surface area contributed by atoms with Crippen LogP contribution in [-0.2, 0) is 16.0 Å². The number of likely N-dealkylation sites (tertiary alicyclic amines) is 1. The van der Waals surface area contributed by atoms with Gasteiger partial charge in [0.2, 0.25) is 0 Å². The molecule has 0 aliphatic carbocycles. The van der Waals surface area contributed by atoms with Gasteiger partial charge in [0.1, 0.15) is 0 Å². The summed E-state index contributed by atoms with van der Waals surface area (Å²) in [5.41, 5.74) is 0. The maximum atomic E-state index is 5.64. The number of imidazole rings is 1. The summed E-state index contributed by atoms with van der Waals surface area (Å²) in [6.07, 6.45) is 7.86. The van der Waals surface area contributed by atoms with Crippen molar-refractivity contribution in [3.63, 3.8) is 0 Å². The molecule has 0 spiro atoms. The monoisotopic (exact) mass is 323 g/mol. The molecule has 1 unspecified atom stereocenters. The zero-order valence-electron chi connectivity index (χ0n) is 14.3. The lowest BCUT2D eigenvalue weighted by Gasteiger charge is -2.21. The second-order valence-corrected chi connectivity index (χ2v) is 5.80. The average Bonchev–Trinajstić information content (AvgIpc) is 3.23. The van der Waals surface area contributed by atoms with Gasteiger partial charge in [-0.1, -0.05) is 0 Å². The van der Waals surface area contributed by atoms with Crippen LogP contribution >= 0.6 is 0 Å². The molecule has 23 heavy (non-hydrogen) atoms. The maximum absolute atomic E-state index is 5.64. The third kappa shape index (κ3) is 6.19. The first-order valence-electron chi connectivity index (χ1n) is 8.31. The van der Waals surface area contributed by atoms with Gasteiger partial charge in [-0.3, -0.25) is 4.99 Å². The van der Waals surface area contributed by atoms with Gasteiger partial charge >= 0.3 is 0 Å². The van der Waals surface area contributed by atoms with Gasteiger partial charge in [-0.25, -0.2) is 4.98 Å². The smallest absolute Gasteiger partial charge is 0.193 e. The van der Waals surface area contributed by atoms with Crippen molar-refractivity contribution in [1.29, 1.82) is 0 Å². The van der Waals surface area contributed by atoms with E-state index >= 15 is 0 Å². The number of rotatable bonds is 9. The summed E-state index contributed by atoms with van der Waals surface area (Å²) < 4.78 is 12.7. The molecule has 0 bridgehead atoms. The number of methoxy groups -OCH3 is 1. The molecular formula is C16H29N5O2. The minimum atomic E-state index is 0.580. The number of aryl methyl sites for hydroxylation is 1. The molecule has 1 atom stereocenters. The number of aromatic nitrogens is 2. The van der Waals surface area contributed by atoms with E-state index in [-0.39, 0.29) is 0 Å². The molecule has 130 valence electrons.